The molecule has 9 heteroatoms. The maximum atomic E-state index is 12.8. The van der Waals surface area contributed by atoms with Gasteiger partial charge in [-0.15, -0.1) is 11.3 Å². The molecule has 0 spiro atoms. The molecule has 4 heterocycles. The zero-order chi connectivity index (χ0) is 22.1. The summed E-state index contributed by atoms with van der Waals surface area (Å²) in [5, 5.41) is 12.1. The van der Waals surface area contributed by atoms with Crippen LogP contribution in [0, 0.1) is 12.8 Å². The number of aromatic carboxylic acids is 1. The minimum absolute atomic E-state index is 0.0187. The van der Waals surface area contributed by atoms with E-state index in [9.17, 15) is 19.5 Å². The third-order valence-corrected chi connectivity index (χ3v) is 6.46. The molecule has 1 fully saturated rings. The standard InChI is InChI=1S/C22H24N4O4S/c1-3-4-5-6-16(27)14-10-25(11-14)17-9-13(2)18-19(28)15(21(29)30)12-26(20(18)24-17)22-23-7-8-31-22/h7-9,12,14H,3-6,10-11H2,1-2H3,(H,29,30). The Labute approximate surface area is 183 Å². The summed E-state index contributed by atoms with van der Waals surface area (Å²) in [4.78, 5) is 47.8. The van der Waals surface area contributed by atoms with Gasteiger partial charge in [-0.25, -0.2) is 14.8 Å². The fourth-order valence-electron chi connectivity index (χ4n) is 3.90. The van der Waals surface area contributed by atoms with Gasteiger partial charge in [0.25, 0.3) is 0 Å². The van der Waals surface area contributed by atoms with Crippen molar-refractivity contribution < 1.29 is 14.7 Å². The van der Waals surface area contributed by atoms with E-state index in [0.717, 1.165) is 19.3 Å². The Kier molecular flexibility index (Phi) is 5.86. The van der Waals surface area contributed by atoms with Crippen LogP contribution in [0.1, 0.15) is 48.5 Å². The van der Waals surface area contributed by atoms with Gasteiger partial charge in [0.05, 0.1) is 11.3 Å². The number of carboxylic acid groups (broad SMARTS) is 1. The van der Waals surface area contributed by atoms with Gasteiger partial charge in [-0.05, 0) is 25.0 Å². The Morgan fingerprint density at radius 3 is 2.71 bits per heavy atom. The Balaban J connectivity index is 1.70. The first kappa shape index (κ1) is 21.2. The normalized spacial score (nSPS) is 14.1. The topological polar surface area (TPSA) is 105 Å². The fourth-order valence-corrected chi connectivity index (χ4v) is 4.51. The first-order valence-corrected chi connectivity index (χ1v) is 11.3. The lowest BCUT2D eigenvalue weighted by Crippen LogP contribution is -2.50. The number of nitrogens with zero attached hydrogens (tertiary/aromatic N) is 4. The largest absolute Gasteiger partial charge is 0.477 e. The van der Waals surface area contributed by atoms with E-state index in [4.69, 9.17) is 4.98 Å². The molecule has 4 rings (SSSR count). The van der Waals surface area contributed by atoms with E-state index in [1.165, 1.54) is 17.5 Å². The molecular formula is C22H24N4O4S. The number of carbonyl (C=O) groups is 2. The molecule has 8 nitrogen and oxygen atoms in total. The maximum Gasteiger partial charge on any atom is 0.341 e. The number of aromatic nitrogens is 3. The maximum absolute atomic E-state index is 12.8. The number of hydrogen-bond donors (Lipinski definition) is 1. The molecule has 0 saturated carbocycles. The summed E-state index contributed by atoms with van der Waals surface area (Å²) >= 11 is 1.33. The SMILES string of the molecule is CCCCCC(=O)C1CN(c2cc(C)c3c(=O)c(C(=O)O)cn(-c4nccs4)c3n2)C1. The lowest BCUT2D eigenvalue weighted by atomic mass is 9.91. The van der Waals surface area contributed by atoms with Crippen LogP contribution in [0.4, 0.5) is 5.82 Å². The van der Waals surface area contributed by atoms with Gasteiger partial charge in [-0.1, -0.05) is 19.8 Å². The van der Waals surface area contributed by atoms with Crippen molar-refractivity contribution in [3.8, 4) is 5.13 Å². The minimum atomic E-state index is -1.28. The van der Waals surface area contributed by atoms with Crippen molar-refractivity contribution >= 4 is 39.9 Å². The van der Waals surface area contributed by atoms with E-state index in [1.807, 2.05) is 4.90 Å². The van der Waals surface area contributed by atoms with Gasteiger partial charge in [-0.3, -0.25) is 14.2 Å². The number of anilines is 1. The molecule has 3 aromatic rings. The first-order valence-electron chi connectivity index (χ1n) is 10.4. The number of thiazole rings is 1. The van der Waals surface area contributed by atoms with Crippen LogP contribution in [0.5, 0.6) is 0 Å². The number of rotatable bonds is 8. The molecule has 0 bridgehead atoms. The molecule has 0 unspecified atom stereocenters. The van der Waals surface area contributed by atoms with Gasteiger partial charge in [0, 0.05) is 37.3 Å². The molecule has 31 heavy (non-hydrogen) atoms. The fraction of sp³-hybridized carbons (Fsp3) is 0.409. The second-order valence-corrected chi connectivity index (χ2v) is 8.76. The van der Waals surface area contributed by atoms with Gasteiger partial charge in [0.2, 0.25) is 5.43 Å². The average Bonchev–Trinajstić information content (AvgIpc) is 3.21. The minimum Gasteiger partial charge on any atom is -0.477 e. The number of fused-ring (bicyclic) bond motifs is 1. The van der Waals surface area contributed by atoms with E-state index >= 15 is 0 Å². The third-order valence-electron chi connectivity index (χ3n) is 5.69. The Morgan fingerprint density at radius 2 is 2.06 bits per heavy atom. The van der Waals surface area contributed by atoms with Gasteiger partial charge in [0.1, 0.15) is 17.2 Å². The number of hydrogen-bond acceptors (Lipinski definition) is 7. The summed E-state index contributed by atoms with van der Waals surface area (Å²) < 4.78 is 1.56. The number of unbranched alkanes of at least 4 members (excludes halogenated alkanes) is 2. The molecule has 0 aliphatic carbocycles. The third kappa shape index (κ3) is 3.97. The lowest BCUT2D eigenvalue weighted by molar-refractivity contribution is -0.123. The second-order valence-electron chi connectivity index (χ2n) is 7.88. The van der Waals surface area contributed by atoms with Crippen molar-refractivity contribution in [1.29, 1.82) is 0 Å². The smallest absolute Gasteiger partial charge is 0.341 e. The Bertz CT molecular complexity index is 1200. The number of ketones is 1. The highest BCUT2D eigenvalue weighted by Gasteiger charge is 2.33. The molecule has 0 aromatic carbocycles. The highest BCUT2D eigenvalue weighted by Crippen LogP contribution is 2.29. The monoisotopic (exact) mass is 440 g/mol. The quantitative estimate of drug-likeness (QED) is 0.535. The molecule has 162 valence electrons. The molecule has 1 N–H and O–H groups in total. The molecule has 1 aliphatic rings. The van der Waals surface area contributed by atoms with Crippen LogP contribution < -0.4 is 10.3 Å². The van der Waals surface area contributed by atoms with E-state index < -0.39 is 11.4 Å². The Hall–Kier alpha value is -3.07. The molecule has 1 saturated heterocycles. The summed E-state index contributed by atoms with van der Waals surface area (Å²) in [6, 6.07) is 1.79. The van der Waals surface area contributed by atoms with Crippen LogP contribution in [0.25, 0.3) is 16.2 Å². The molecule has 3 aromatic heterocycles. The van der Waals surface area contributed by atoms with E-state index in [2.05, 4.69) is 11.9 Å². The lowest BCUT2D eigenvalue weighted by Gasteiger charge is -2.39. The summed E-state index contributed by atoms with van der Waals surface area (Å²) in [5.41, 5.74) is 0.148. The van der Waals surface area contributed by atoms with Crippen molar-refractivity contribution in [3.05, 3.63) is 45.2 Å². The molecule has 1 aliphatic heterocycles. The predicted molar refractivity (Wildman–Crippen MR) is 120 cm³/mol. The molecule has 0 radical (unpaired) electrons. The highest BCUT2D eigenvalue weighted by atomic mass is 32.1. The summed E-state index contributed by atoms with van der Waals surface area (Å²) in [6.45, 7) is 5.11. The van der Waals surface area contributed by atoms with Crippen LogP contribution in [0.2, 0.25) is 0 Å². The van der Waals surface area contributed by atoms with E-state index in [1.54, 1.807) is 29.1 Å². The van der Waals surface area contributed by atoms with Crippen LogP contribution in [-0.2, 0) is 4.79 Å². The molecule has 0 amide bonds. The van der Waals surface area contributed by atoms with Crippen LogP contribution in [-0.4, -0.2) is 44.5 Å². The molecule has 0 atom stereocenters. The van der Waals surface area contributed by atoms with Crippen molar-refractivity contribution in [1.82, 2.24) is 14.5 Å². The van der Waals surface area contributed by atoms with Gasteiger partial charge in [0.15, 0.2) is 10.8 Å². The zero-order valence-corrected chi connectivity index (χ0v) is 18.3. The van der Waals surface area contributed by atoms with Crippen molar-refractivity contribution in [2.75, 3.05) is 18.0 Å². The van der Waals surface area contributed by atoms with Gasteiger partial charge < -0.3 is 10.0 Å². The number of carbonyl (C=O) groups excluding carboxylic acids is 1. The highest BCUT2D eigenvalue weighted by molar-refractivity contribution is 7.12. The molecular weight excluding hydrogens is 416 g/mol. The van der Waals surface area contributed by atoms with Crippen molar-refractivity contribution in [2.45, 2.75) is 39.5 Å². The van der Waals surface area contributed by atoms with Crippen molar-refractivity contribution in [3.63, 3.8) is 0 Å². The zero-order valence-electron chi connectivity index (χ0n) is 17.5. The second kappa shape index (κ2) is 8.58. The van der Waals surface area contributed by atoms with E-state index in [-0.39, 0.29) is 16.9 Å². The van der Waals surface area contributed by atoms with Crippen LogP contribution in [0.3, 0.4) is 0 Å². The summed E-state index contributed by atoms with van der Waals surface area (Å²) in [6.07, 6.45) is 6.63. The number of carboxylic acids is 1. The van der Waals surface area contributed by atoms with Crippen LogP contribution >= 0.6 is 11.3 Å². The van der Waals surface area contributed by atoms with E-state index in [0.29, 0.717) is 47.5 Å². The predicted octanol–water partition coefficient (Wildman–Crippen LogP) is 3.43. The Morgan fingerprint density at radius 1 is 1.29 bits per heavy atom. The van der Waals surface area contributed by atoms with Gasteiger partial charge >= 0.3 is 5.97 Å². The number of pyridine rings is 2. The van der Waals surface area contributed by atoms with Crippen molar-refractivity contribution in [2.24, 2.45) is 5.92 Å². The number of Topliss-reactive ketones (excluding diaryl/α,β-unsaturated/α-hetero) is 1. The van der Waals surface area contributed by atoms with Crippen LogP contribution in [0.15, 0.2) is 28.6 Å². The number of aryl methyl sites for hydroxylation is 1. The van der Waals surface area contributed by atoms with Gasteiger partial charge in [-0.2, -0.15) is 0 Å². The summed E-state index contributed by atoms with van der Waals surface area (Å²) in [5.74, 6) is -0.290. The summed E-state index contributed by atoms with van der Waals surface area (Å²) in [7, 11) is 0. The average molecular weight is 441 g/mol. The first-order chi connectivity index (χ1) is 14.9.